The molecule has 0 saturated carbocycles. The largest absolute Gasteiger partial charge is 0.521 e. The van der Waals surface area contributed by atoms with E-state index in [1.807, 2.05) is 0 Å². The van der Waals surface area contributed by atoms with Gasteiger partial charge in [0.15, 0.2) is 23.0 Å². The fourth-order valence-electron chi connectivity index (χ4n) is 7.08. The number of carbonyl (C=O) groups is 1. The molecule has 0 amide bonds. The molecular weight excluding hydrogens is 1010 g/mol. The van der Waals surface area contributed by atoms with Crippen molar-refractivity contribution in [3.63, 3.8) is 0 Å². The SMILES string of the molecule is CCC.N#Cc1c[c-]c(C(=O)O)cc1[N+](=O)[O-].[CH3-].[Ir].c1ccc([PH+](c2ccccc2)c2ccc3c(c2-c2c([PH+](c4ccccc4)c4ccccc4)ccc4c2OCO4)OCO3)cc1. The Labute approximate surface area is 383 Å². The number of nitrogens with zero attached hydrogens (tertiary/aromatic N) is 2. The van der Waals surface area contributed by atoms with Crippen molar-refractivity contribution < 1.29 is 53.9 Å². The third kappa shape index (κ3) is 10.6. The first-order valence-electron chi connectivity index (χ1n) is 19.5. The molecule has 7 aromatic rings. The monoisotopic (exact) mass is 1060 g/mol. The summed E-state index contributed by atoms with van der Waals surface area (Å²) in [6, 6.07) is 57.6. The van der Waals surface area contributed by atoms with E-state index in [2.05, 4.69) is 166 Å². The number of nitro benzene ring substituents is 1. The minimum atomic E-state index is -1.48. The van der Waals surface area contributed by atoms with Gasteiger partial charge in [-0.3, -0.25) is 10.1 Å². The van der Waals surface area contributed by atoms with Crippen molar-refractivity contribution in [2.75, 3.05) is 13.6 Å². The molecule has 2 aliphatic rings. The number of hydrogen-bond acceptors (Lipinski definition) is 8. The molecule has 0 aromatic heterocycles. The Morgan fingerprint density at radius 1 is 0.683 bits per heavy atom. The maximum Gasteiger partial charge on any atom is 0.247 e. The number of ether oxygens (including phenoxy) is 4. The second-order valence-corrected chi connectivity index (χ2v) is 18.6. The van der Waals surface area contributed by atoms with Crippen LogP contribution in [0.2, 0.25) is 0 Å². The van der Waals surface area contributed by atoms with Crippen LogP contribution in [-0.4, -0.2) is 29.6 Å². The first-order chi connectivity index (χ1) is 29.8. The van der Waals surface area contributed by atoms with E-state index in [-0.39, 0.29) is 52.2 Å². The van der Waals surface area contributed by atoms with Crippen molar-refractivity contribution in [3.05, 3.63) is 192 Å². The maximum atomic E-state index is 10.4. The second-order valence-electron chi connectivity index (χ2n) is 13.7. The van der Waals surface area contributed by atoms with Crippen LogP contribution in [0.1, 0.15) is 36.2 Å². The number of aromatic carboxylic acids is 1. The molecule has 2 heterocycles. The third-order valence-electron chi connectivity index (χ3n) is 9.59. The number of carboxylic acids is 1. The van der Waals surface area contributed by atoms with Gasteiger partial charge in [0.05, 0.1) is 33.0 Å². The fraction of sp³-hybridized carbons (Fsp3) is 0.100. The van der Waals surface area contributed by atoms with Crippen molar-refractivity contribution in [3.8, 4) is 40.2 Å². The van der Waals surface area contributed by atoms with Crippen LogP contribution in [0.3, 0.4) is 0 Å². The van der Waals surface area contributed by atoms with Gasteiger partial charge in [0.2, 0.25) is 25.2 Å². The standard InChI is InChI=1S/C38H28O4P2.C8H3N2O4.C3H8.CH3.Ir/c1-5-13-27(14-6-1)43(28-15-7-2-8-16-28)33-23-21-31-37(41-25-39-31)35(33)36-34(24-22-32-38(36)42-26-40-32)44(29-17-9-3-10-18-29)30-19-11-4-12-20-30;9-4-6-2-1-5(8(11)12)3-7(6)10(13)14;1-3-2;;/h1-24H,25-26H2;2-3H,(H,11,12);3H2,1-2H3;1H3;/q;-1;;-1;/p+2. The van der Waals surface area contributed by atoms with Crippen LogP contribution in [0.25, 0.3) is 11.1 Å². The summed E-state index contributed by atoms with van der Waals surface area (Å²) < 4.78 is 24.8. The Morgan fingerprint density at radius 3 is 1.37 bits per heavy atom. The molecule has 0 spiro atoms. The Balaban J connectivity index is 0.000000335. The van der Waals surface area contributed by atoms with Gasteiger partial charge in [-0.2, -0.15) is 0 Å². The Bertz CT molecular complexity index is 2460. The molecule has 2 aliphatic heterocycles. The molecule has 0 unspecified atom stereocenters. The summed E-state index contributed by atoms with van der Waals surface area (Å²) in [5, 5.41) is 35.0. The zero-order valence-corrected chi connectivity index (χ0v) is 39.1. The summed E-state index contributed by atoms with van der Waals surface area (Å²) in [5.41, 5.74) is 1.00. The number of fused-ring (bicyclic) bond motifs is 2. The first-order valence-corrected chi connectivity index (χ1v) is 22.5. The molecule has 7 aromatic carbocycles. The summed E-state index contributed by atoms with van der Waals surface area (Å²) in [4.78, 5) is 20.0. The molecule has 9 rings (SSSR count). The molecule has 13 heteroatoms. The normalized spacial score (nSPS) is 11.4. The predicted molar refractivity (Wildman–Crippen MR) is 250 cm³/mol. The van der Waals surface area contributed by atoms with Crippen molar-refractivity contribution in [2.24, 2.45) is 0 Å². The second kappa shape index (κ2) is 22.6. The summed E-state index contributed by atoms with van der Waals surface area (Å²) in [5.74, 6) is 1.72. The first kappa shape index (κ1) is 47.7. The number of hydrogen-bond donors (Lipinski definition) is 1. The van der Waals surface area contributed by atoms with Crippen LogP contribution in [0.4, 0.5) is 5.69 Å². The fourth-order valence-corrected chi connectivity index (χ4v) is 12.6. The number of nitriles is 1. The van der Waals surface area contributed by atoms with Gasteiger partial charge in [0.25, 0.3) is 0 Å². The van der Waals surface area contributed by atoms with Crippen molar-refractivity contribution >= 4 is 59.3 Å². The van der Waals surface area contributed by atoms with E-state index in [1.54, 1.807) is 6.07 Å². The molecule has 0 aliphatic carbocycles. The minimum Gasteiger partial charge on any atom is -0.521 e. The van der Waals surface area contributed by atoms with Gasteiger partial charge in [0.1, 0.15) is 31.8 Å². The van der Waals surface area contributed by atoms with Crippen LogP contribution in [0.15, 0.2) is 158 Å². The van der Waals surface area contributed by atoms with Gasteiger partial charge in [-0.05, 0) is 72.8 Å². The number of benzene rings is 7. The summed E-state index contributed by atoms with van der Waals surface area (Å²) in [6.07, 6.45) is 1.25. The van der Waals surface area contributed by atoms with Crippen LogP contribution < -0.4 is 50.8 Å². The molecule has 10 nitrogen and oxygen atoms in total. The van der Waals surface area contributed by atoms with E-state index in [0.717, 1.165) is 46.3 Å². The van der Waals surface area contributed by atoms with E-state index in [1.165, 1.54) is 38.2 Å². The smallest absolute Gasteiger partial charge is 0.247 e. The Morgan fingerprint density at radius 2 is 1.05 bits per heavy atom. The quantitative estimate of drug-likeness (QED) is 0.0652. The molecule has 0 fully saturated rings. The maximum absolute atomic E-state index is 10.4. The number of carboxylic acid groups (broad SMARTS) is 1. The van der Waals surface area contributed by atoms with Crippen molar-refractivity contribution in [1.82, 2.24) is 0 Å². The van der Waals surface area contributed by atoms with Crippen LogP contribution >= 0.6 is 15.8 Å². The molecule has 321 valence electrons. The van der Waals surface area contributed by atoms with E-state index in [9.17, 15) is 14.9 Å². The van der Waals surface area contributed by atoms with Crippen molar-refractivity contribution in [2.45, 2.75) is 20.3 Å². The molecule has 0 atom stereocenters. The van der Waals surface area contributed by atoms with Gasteiger partial charge in [-0.25, -0.2) is 5.26 Å². The Hall–Kier alpha value is -6.39. The van der Waals surface area contributed by atoms with Gasteiger partial charge < -0.3 is 36.3 Å². The summed E-state index contributed by atoms with van der Waals surface area (Å²) in [6.45, 7) is 4.61. The number of rotatable bonds is 9. The topological polar surface area (TPSA) is 141 Å². The van der Waals surface area contributed by atoms with E-state index in [4.69, 9.17) is 29.3 Å². The van der Waals surface area contributed by atoms with Crippen LogP contribution in [0, 0.1) is 34.9 Å². The van der Waals surface area contributed by atoms with Crippen LogP contribution in [0.5, 0.6) is 23.0 Å². The molecule has 1 radical (unpaired) electrons. The number of nitro groups is 1. The zero-order valence-electron chi connectivity index (χ0n) is 34.7. The van der Waals surface area contributed by atoms with Gasteiger partial charge >= 0.3 is 0 Å². The van der Waals surface area contributed by atoms with Crippen LogP contribution in [-0.2, 0) is 20.1 Å². The van der Waals surface area contributed by atoms with Crippen molar-refractivity contribution in [1.29, 1.82) is 5.26 Å². The zero-order chi connectivity index (χ0) is 42.7. The Kier molecular flexibility index (Phi) is 17.1. The molecule has 0 saturated heterocycles. The molecule has 1 N–H and O–H groups in total. The van der Waals surface area contributed by atoms with E-state index < -0.39 is 32.4 Å². The predicted octanol–water partition coefficient (Wildman–Crippen LogP) is 8.62. The minimum absolute atomic E-state index is 0. The van der Waals surface area contributed by atoms with E-state index >= 15 is 0 Å². The summed E-state index contributed by atoms with van der Waals surface area (Å²) in [7, 11) is -2.96. The molecular formula is C50H44IrN2O8P2. The molecule has 0 bridgehead atoms. The van der Waals surface area contributed by atoms with E-state index in [0.29, 0.717) is 0 Å². The van der Waals surface area contributed by atoms with Gasteiger partial charge in [0, 0.05) is 30.6 Å². The van der Waals surface area contributed by atoms with Gasteiger partial charge in [-0.1, -0.05) is 105 Å². The average Bonchev–Trinajstić information content (AvgIpc) is 3.99. The summed E-state index contributed by atoms with van der Waals surface area (Å²) >= 11 is 0. The molecule has 63 heavy (non-hydrogen) atoms. The average molecular weight is 1060 g/mol. The third-order valence-corrected chi connectivity index (χ3v) is 15.1. The van der Waals surface area contributed by atoms with Gasteiger partial charge in [-0.15, -0.1) is 12.1 Å².